The number of piperazine rings is 1. The number of methoxy groups -OCH3 is 1. The monoisotopic (exact) mass is 641 g/mol. The van der Waals surface area contributed by atoms with Gasteiger partial charge in [0.05, 0.1) is 45.9 Å². The third-order valence-electron chi connectivity index (χ3n) is 8.52. The van der Waals surface area contributed by atoms with Crippen molar-refractivity contribution in [3.8, 4) is 17.0 Å². The van der Waals surface area contributed by atoms with Gasteiger partial charge in [0.1, 0.15) is 16.7 Å². The molecule has 1 unspecified atom stereocenters. The van der Waals surface area contributed by atoms with Gasteiger partial charge in [-0.05, 0) is 32.0 Å². The molecule has 2 fully saturated rings. The first kappa shape index (κ1) is 30.1. The number of anilines is 3. The molecule has 12 heteroatoms. The number of benzene rings is 2. The minimum absolute atomic E-state index is 0.345. The minimum atomic E-state index is -1.20. The number of halogens is 2. The Labute approximate surface area is 265 Å². The molecular weight excluding hydrogens is 605 g/mol. The van der Waals surface area contributed by atoms with Gasteiger partial charge in [0.25, 0.3) is 0 Å². The Morgan fingerprint density at radius 3 is 2.51 bits per heavy atom. The lowest BCUT2D eigenvalue weighted by Crippen LogP contribution is -2.52. The summed E-state index contributed by atoms with van der Waals surface area (Å²) in [4.78, 5) is 16.6. The van der Waals surface area contributed by atoms with E-state index in [0.29, 0.717) is 39.2 Å². The SMILES string of the molecule is CCS(=O)n1cc(-c2nc(Nc3cc(OC)c(N4CCC(N5CCN(C)CC5)CC4)cc3Cl)ncc2Cl)c2ccccc21. The minimum Gasteiger partial charge on any atom is -0.495 e. The van der Waals surface area contributed by atoms with E-state index in [9.17, 15) is 4.21 Å². The van der Waals surface area contributed by atoms with E-state index in [1.165, 1.54) is 0 Å². The van der Waals surface area contributed by atoms with Gasteiger partial charge in [-0.2, -0.15) is 0 Å². The van der Waals surface area contributed by atoms with Crippen molar-refractivity contribution in [1.82, 2.24) is 23.7 Å². The van der Waals surface area contributed by atoms with Crippen LogP contribution >= 0.6 is 23.2 Å². The predicted octanol–water partition coefficient (Wildman–Crippen LogP) is 5.91. The van der Waals surface area contributed by atoms with Crippen molar-refractivity contribution < 1.29 is 8.95 Å². The van der Waals surface area contributed by atoms with Crippen LogP contribution in [0.3, 0.4) is 0 Å². The second-order valence-corrected chi connectivity index (χ2v) is 13.5. The molecule has 2 aliphatic heterocycles. The van der Waals surface area contributed by atoms with Gasteiger partial charge in [-0.1, -0.05) is 48.3 Å². The lowest BCUT2D eigenvalue weighted by atomic mass is 10.0. The predicted molar refractivity (Wildman–Crippen MR) is 178 cm³/mol. The summed E-state index contributed by atoms with van der Waals surface area (Å²) in [6.07, 6.45) is 5.65. The Kier molecular flexibility index (Phi) is 9.11. The van der Waals surface area contributed by atoms with E-state index >= 15 is 0 Å². The summed E-state index contributed by atoms with van der Waals surface area (Å²) >= 11 is 13.4. The Morgan fingerprint density at radius 2 is 1.79 bits per heavy atom. The van der Waals surface area contributed by atoms with Crippen LogP contribution in [0.15, 0.2) is 48.8 Å². The molecule has 4 aromatic rings. The van der Waals surface area contributed by atoms with Crippen LogP contribution in [-0.2, 0) is 11.0 Å². The maximum atomic E-state index is 12.8. The van der Waals surface area contributed by atoms with Gasteiger partial charge in [0.2, 0.25) is 5.95 Å². The number of hydrogen-bond acceptors (Lipinski definition) is 8. The van der Waals surface area contributed by atoms with Crippen molar-refractivity contribution in [2.24, 2.45) is 0 Å². The van der Waals surface area contributed by atoms with Gasteiger partial charge in [-0.25, -0.2) is 14.2 Å². The van der Waals surface area contributed by atoms with E-state index in [4.69, 9.17) is 32.9 Å². The Hall–Kier alpha value is -2.89. The fraction of sp³-hybridized carbons (Fsp3) is 0.419. The third-order valence-corrected chi connectivity index (χ3v) is 10.3. The van der Waals surface area contributed by atoms with Crippen molar-refractivity contribution in [3.05, 3.63) is 58.8 Å². The largest absolute Gasteiger partial charge is 0.495 e. The van der Waals surface area contributed by atoms with Crippen LogP contribution < -0.4 is 15.0 Å². The second kappa shape index (κ2) is 13.0. The van der Waals surface area contributed by atoms with Crippen molar-refractivity contribution in [2.45, 2.75) is 25.8 Å². The molecule has 0 saturated carbocycles. The molecular formula is C31H37Cl2N7O2S. The fourth-order valence-electron chi connectivity index (χ4n) is 6.09. The average Bonchev–Trinajstić information content (AvgIpc) is 3.42. The summed E-state index contributed by atoms with van der Waals surface area (Å²) in [5.41, 5.74) is 3.82. The first-order chi connectivity index (χ1) is 20.9. The topological polar surface area (TPSA) is 78.8 Å². The van der Waals surface area contributed by atoms with Crippen LogP contribution in [0, 0.1) is 0 Å². The van der Waals surface area contributed by atoms with Crippen LogP contribution in [0.2, 0.25) is 10.0 Å². The van der Waals surface area contributed by atoms with Crippen molar-refractivity contribution >= 4 is 62.4 Å². The summed E-state index contributed by atoms with van der Waals surface area (Å²) < 4.78 is 20.4. The molecule has 43 heavy (non-hydrogen) atoms. The summed E-state index contributed by atoms with van der Waals surface area (Å²) in [7, 11) is 2.68. The molecule has 2 saturated heterocycles. The normalized spacial score (nSPS) is 17.8. The zero-order chi connectivity index (χ0) is 30.1. The fourth-order valence-corrected chi connectivity index (χ4v) is 7.37. The summed E-state index contributed by atoms with van der Waals surface area (Å²) in [5.74, 6) is 1.58. The first-order valence-corrected chi connectivity index (χ1v) is 16.7. The van der Waals surface area contributed by atoms with Crippen LogP contribution in [0.5, 0.6) is 5.75 Å². The number of piperidine rings is 1. The van der Waals surface area contributed by atoms with E-state index in [1.54, 1.807) is 17.3 Å². The Bertz CT molecular complexity index is 1630. The molecule has 4 heterocycles. The summed E-state index contributed by atoms with van der Waals surface area (Å²) in [6, 6.07) is 12.3. The summed E-state index contributed by atoms with van der Waals surface area (Å²) in [5, 5.41) is 5.13. The lowest BCUT2D eigenvalue weighted by Gasteiger charge is -2.42. The molecule has 1 atom stereocenters. The van der Waals surface area contributed by atoms with Crippen LogP contribution in [-0.4, -0.2) is 93.2 Å². The van der Waals surface area contributed by atoms with Crippen molar-refractivity contribution in [2.75, 3.05) is 69.4 Å². The van der Waals surface area contributed by atoms with E-state index in [-0.39, 0.29) is 0 Å². The number of likely N-dealkylation sites (N-methyl/N-ethyl adjacent to an activating group) is 1. The number of rotatable bonds is 8. The Balaban J connectivity index is 1.23. The second-order valence-electron chi connectivity index (χ2n) is 11.1. The molecule has 0 amide bonds. The number of fused-ring (bicyclic) bond motifs is 1. The van der Waals surface area contributed by atoms with Crippen LogP contribution in [0.25, 0.3) is 22.2 Å². The molecule has 2 aromatic carbocycles. The molecule has 9 nitrogen and oxygen atoms in total. The van der Waals surface area contributed by atoms with Crippen molar-refractivity contribution in [1.29, 1.82) is 0 Å². The molecule has 0 radical (unpaired) electrons. The quantitative estimate of drug-likeness (QED) is 0.255. The van der Waals surface area contributed by atoms with Crippen LogP contribution in [0.1, 0.15) is 19.8 Å². The third kappa shape index (κ3) is 6.21. The standard InChI is InChI=1S/C31H37Cl2N7O2S/c1-4-43(41)40-20-23(22-7-5-6-8-27(22)40)30-25(33)19-34-31(36-30)35-26-18-29(42-3)28(17-24(26)32)39-11-9-21(10-12-39)38-15-13-37(2)14-16-38/h5-8,17-21H,4,9-16H2,1-3H3,(H,34,35,36). The number of nitrogens with one attached hydrogen (secondary N) is 1. The molecule has 1 N–H and O–H groups in total. The molecule has 0 aliphatic carbocycles. The molecule has 6 rings (SSSR count). The first-order valence-electron chi connectivity index (χ1n) is 14.7. The highest BCUT2D eigenvalue weighted by atomic mass is 35.5. The van der Waals surface area contributed by atoms with Gasteiger partial charge in [0, 0.05) is 74.3 Å². The molecule has 228 valence electrons. The number of ether oxygens (including phenoxy) is 1. The highest BCUT2D eigenvalue weighted by Gasteiger charge is 2.28. The maximum absolute atomic E-state index is 12.8. The number of aromatic nitrogens is 3. The maximum Gasteiger partial charge on any atom is 0.227 e. The van der Waals surface area contributed by atoms with Crippen molar-refractivity contribution in [3.63, 3.8) is 0 Å². The zero-order valence-electron chi connectivity index (χ0n) is 24.7. The molecule has 0 spiro atoms. The lowest BCUT2D eigenvalue weighted by molar-refractivity contribution is 0.0981. The smallest absolute Gasteiger partial charge is 0.227 e. The number of para-hydroxylation sites is 1. The Morgan fingerprint density at radius 1 is 1.05 bits per heavy atom. The van der Waals surface area contributed by atoms with E-state index in [2.05, 4.69) is 32.0 Å². The van der Waals surface area contributed by atoms with Gasteiger partial charge in [-0.15, -0.1) is 0 Å². The summed E-state index contributed by atoms with van der Waals surface area (Å²) in [6.45, 7) is 8.37. The highest BCUT2D eigenvalue weighted by molar-refractivity contribution is 7.83. The van der Waals surface area contributed by atoms with E-state index in [0.717, 1.165) is 80.0 Å². The highest BCUT2D eigenvalue weighted by Crippen LogP contribution is 2.40. The molecule has 0 bridgehead atoms. The van der Waals surface area contributed by atoms with Gasteiger partial charge < -0.3 is 19.9 Å². The average molecular weight is 643 g/mol. The molecule has 2 aromatic heterocycles. The zero-order valence-corrected chi connectivity index (χ0v) is 27.1. The van der Waals surface area contributed by atoms with Gasteiger partial charge in [0.15, 0.2) is 0 Å². The van der Waals surface area contributed by atoms with Gasteiger partial charge >= 0.3 is 0 Å². The number of hydrogen-bond donors (Lipinski definition) is 1. The number of nitrogens with zero attached hydrogens (tertiary/aromatic N) is 6. The molecule has 2 aliphatic rings. The van der Waals surface area contributed by atoms with E-state index in [1.807, 2.05) is 49.5 Å². The van der Waals surface area contributed by atoms with Crippen LogP contribution in [0.4, 0.5) is 17.3 Å². The van der Waals surface area contributed by atoms with Gasteiger partial charge in [-0.3, -0.25) is 8.87 Å². The van der Waals surface area contributed by atoms with E-state index < -0.39 is 11.0 Å².